The fourth-order valence-corrected chi connectivity index (χ4v) is 9.13. The molecule has 3 aliphatic rings. The van der Waals surface area contributed by atoms with E-state index in [1.807, 2.05) is 24.3 Å². The van der Waals surface area contributed by atoms with Gasteiger partial charge in [0.1, 0.15) is 0 Å². The van der Waals surface area contributed by atoms with E-state index in [1.54, 1.807) is 35.9 Å². The maximum Gasteiger partial charge on any atom is 0.269 e. The summed E-state index contributed by atoms with van der Waals surface area (Å²) in [5.74, 6) is -0.890. The van der Waals surface area contributed by atoms with E-state index in [-0.39, 0.29) is 37.1 Å². The van der Waals surface area contributed by atoms with Crippen LogP contribution < -0.4 is 9.80 Å². The highest BCUT2D eigenvalue weighted by molar-refractivity contribution is 6.72. The Bertz CT molecular complexity index is 1280. The average Bonchev–Trinajstić information content (AvgIpc) is 3.49. The van der Waals surface area contributed by atoms with E-state index in [0.717, 1.165) is 17.7 Å². The molecule has 2 aromatic rings. The third-order valence-electron chi connectivity index (χ3n) is 8.23. The van der Waals surface area contributed by atoms with Crippen LogP contribution in [0.15, 0.2) is 42.5 Å². The first kappa shape index (κ1) is 26.5. The van der Waals surface area contributed by atoms with Crippen molar-refractivity contribution < 1.29 is 28.5 Å². The van der Waals surface area contributed by atoms with Crippen LogP contribution in [0.2, 0.25) is 18.6 Å². The quantitative estimate of drug-likeness (QED) is 0.240. The van der Waals surface area contributed by atoms with Crippen molar-refractivity contribution in [1.29, 1.82) is 0 Å². The molecule has 3 aliphatic heterocycles. The predicted molar refractivity (Wildman–Crippen MR) is 142 cm³/mol. The van der Waals surface area contributed by atoms with Crippen molar-refractivity contribution in [3.05, 3.63) is 63.7 Å². The minimum atomic E-state index is -3.36. The zero-order valence-corrected chi connectivity index (χ0v) is 22.7. The van der Waals surface area contributed by atoms with Crippen LogP contribution in [0, 0.1) is 16.0 Å². The first-order valence-corrected chi connectivity index (χ1v) is 15.9. The molecule has 38 heavy (non-hydrogen) atoms. The van der Waals surface area contributed by atoms with Crippen LogP contribution in [0.4, 0.5) is 21.2 Å². The fraction of sp³-hybridized carbons (Fsp3) is 0.481. The summed E-state index contributed by atoms with van der Waals surface area (Å²) in [4.78, 5) is 40.8. The van der Waals surface area contributed by atoms with E-state index >= 15 is 4.11 Å². The van der Waals surface area contributed by atoms with Crippen molar-refractivity contribution in [2.24, 2.45) is 5.92 Å². The van der Waals surface area contributed by atoms with Crippen molar-refractivity contribution in [3.63, 3.8) is 0 Å². The van der Waals surface area contributed by atoms with E-state index < -0.39 is 36.5 Å². The molecule has 0 unspecified atom stereocenters. The molecular formula is C27H32FN3O6Si. The number of hydrogen-bond donors (Lipinski definition) is 1. The second-order valence-electron chi connectivity index (χ2n) is 10.9. The summed E-state index contributed by atoms with van der Waals surface area (Å²) in [5.41, 5.74) is 0.137. The number of nitro benzene ring substituents is 1. The Morgan fingerprint density at radius 2 is 1.92 bits per heavy atom. The number of hydrogen-bond acceptors (Lipinski definition) is 6. The van der Waals surface area contributed by atoms with Crippen LogP contribution in [0.1, 0.15) is 37.3 Å². The van der Waals surface area contributed by atoms with Crippen LogP contribution in [-0.4, -0.2) is 49.5 Å². The smallest absolute Gasteiger partial charge is 0.269 e. The maximum atomic E-state index is 15.6. The van der Waals surface area contributed by atoms with Gasteiger partial charge >= 0.3 is 0 Å². The Morgan fingerprint density at radius 3 is 2.50 bits per heavy atom. The third-order valence-corrected chi connectivity index (χ3v) is 10.7. The standard InChI is InChI=1S/C27H32FN3O6Si/c1-17-25(38(2,3)28)23(12-14-32)37-27(17)21-15-20(31(35)36)10-11-22(21)30(26(27)34)16-18-6-8-19(9-7-18)29-13-4-5-24(29)33/h6-11,15,17,23,25,32H,4-5,12-14,16H2,1-3H3/t17-,23+,25-,27+/m0/s1. The zero-order chi connectivity index (χ0) is 27.4. The Balaban J connectivity index is 1.54. The summed E-state index contributed by atoms with van der Waals surface area (Å²) in [7, 11) is -3.36. The number of ether oxygens (including phenoxy) is 1. The lowest BCUT2D eigenvalue weighted by molar-refractivity contribution is -0.385. The number of nitrogens with zero attached hydrogens (tertiary/aromatic N) is 3. The molecule has 3 heterocycles. The van der Waals surface area contributed by atoms with Gasteiger partial charge in [0.15, 0.2) is 5.60 Å². The summed E-state index contributed by atoms with van der Waals surface area (Å²) in [6, 6.07) is 11.7. The van der Waals surface area contributed by atoms with Crippen molar-refractivity contribution >= 4 is 37.3 Å². The van der Waals surface area contributed by atoms with E-state index in [1.165, 1.54) is 12.1 Å². The summed E-state index contributed by atoms with van der Waals surface area (Å²) < 4.78 is 22.0. The summed E-state index contributed by atoms with van der Waals surface area (Å²) in [6.07, 6.45) is 0.841. The van der Waals surface area contributed by atoms with Crippen LogP contribution in [0.25, 0.3) is 0 Å². The number of amides is 2. The van der Waals surface area contributed by atoms with Crippen molar-refractivity contribution in [3.8, 4) is 0 Å². The number of carbonyl (C=O) groups is 2. The molecule has 202 valence electrons. The number of aliphatic hydroxyl groups is 1. The molecule has 0 aliphatic carbocycles. The topological polar surface area (TPSA) is 113 Å². The monoisotopic (exact) mass is 541 g/mol. The van der Waals surface area contributed by atoms with Gasteiger partial charge in [-0.25, -0.2) is 0 Å². The molecule has 11 heteroatoms. The molecule has 1 spiro atoms. The number of anilines is 2. The second kappa shape index (κ2) is 9.55. The first-order valence-electron chi connectivity index (χ1n) is 13.0. The Labute approximate surface area is 221 Å². The predicted octanol–water partition coefficient (Wildman–Crippen LogP) is 4.43. The van der Waals surface area contributed by atoms with Gasteiger partial charge in [-0.15, -0.1) is 0 Å². The molecule has 2 amide bonds. The fourth-order valence-electron chi connectivity index (χ4n) is 6.59. The lowest BCUT2D eigenvalue weighted by Crippen LogP contribution is -2.45. The van der Waals surface area contributed by atoms with E-state index in [2.05, 4.69) is 0 Å². The van der Waals surface area contributed by atoms with Gasteiger partial charge in [0, 0.05) is 54.4 Å². The van der Waals surface area contributed by atoms with Crippen LogP contribution >= 0.6 is 0 Å². The number of rotatable bonds is 7. The van der Waals surface area contributed by atoms with Gasteiger partial charge in [0.2, 0.25) is 14.3 Å². The third kappa shape index (κ3) is 4.13. The zero-order valence-electron chi connectivity index (χ0n) is 21.7. The number of carbonyl (C=O) groups excluding carboxylic acids is 2. The van der Waals surface area contributed by atoms with Crippen molar-refractivity contribution in [2.45, 2.75) is 63.1 Å². The van der Waals surface area contributed by atoms with Crippen LogP contribution in [0.5, 0.6) is 0 Å². The Morgan fingerprint density at radius 1 is 1.21 bits per heavy atom. The highest BCUT2D eigenvalue weighted by atomic mass is 28.4. The minimum Gasteiger partial charge on any atom is -0.396 e. The van der Waals surface area contributed by atoms with Crippen molar-refractivity contribution in [1.82, 2.24) is 0 Å². The normalized spacial score (nSPS) is 27.0. The molecule has 9 nitrogen and oxygen atoms in total. The maximum absolute atomic E-state index is 15.6. The van der Waals surface area contributed by atoms with Crippen LogP contribution in [-0.2, 0) is 26.5 Å². The highest BCUT2D eigenvalue weighted by Gasteiger charge is 2.66. The van der Waals surface area contributed by atoms with E-state index in [4.69, 9.17) is 4.74 Å². The van der Waals surface area contributed by atoms with Gasteiger partial charge in [-0.2, -0.15) is 0 Å². The van der Waals surface area contributed by atoms with Gasteiger partial charge in [0.05, 0.1) is 23.3 Å². The number of nitro groups is 1. The molecule has 4 atom stereocenters. The average molecular weight is 542 g/mol. The lowest BCUT2D eigenvalue weighted by atomic mass is 9.82. The van der Waals surface area contributed by atoms with Gasteiger partial charge < -0.3 is 23.8 Å². The highest BCUT2D eigenvalue weighted by Crippen LogP contribution is 2.60. The summed E-state index contributed by atoms with van der Waals surface area (Å²) >= 11 is 0. The van der Waals surface area contributed by atoms with Gasteiger partial charge in [-0.1, -0.05) is 19.1 Å². The molecule has 0 bridgehead atoms. The lowest BCUT2D eigenvalue weighted by Gasteiger charge is -2.31. The molecular weight excluding hydrogens is 509 g/mol. The largest absolute Gasteiger partial charge is 0.396 e. The first-order chi connectivity index (χ1) is 18.0. The molecule has 1 N–H and O–H groups in total. The number of halogens is 1. The molecule has 0 radical (unpaired) electrons. The van der Waals surface area contributed by atoms with Crippen molar-refractivity contribution in [2.75, 3.05) is 23.0 Å². The Kier molecular flexibility index (Phi) is 6.65. The van der Waals surface area contributed by atoms with E-state index in [0.29, 0.717) is 24.2 Å². The SMILES string of the molecule is C[C@H]1[C@H]([Si](C)(C)F)[C@@H](CCO)O[C@]12C(=O)N(Cc1ccc(N3CCCC3=O)cc1)c1ccc([N+](=O)[O-])cc12. The molecule has 2 saturated heterocycles. The molecule has 2 fully saturated rings. The van der Waals surface area contributed by atoms with Gasteiger partial charge in [-0.3, -0.25) is 19.7 Å². The molecule has 5 rings (SSSR count). The van der Waals surface area contributed by atoms with E-state index in [9.17, 15) is 24.8 Å². The summed E-state index contributed by atoms with van der Waals surface area (Å²) in [5, 5.41) is 21.3. The molecule has 0 saturated carbocycles. The molecule has 0 aromatic heterocycles. The Hall–Kier alpha value is -3.15. The number of fused-ring (bicyclic) bond motifs is 2. The number of non-ortho nitro benzene ring substituents is 1. The number of aliphatic hydroxyl groups excluding tert-OH is 1. The second-order valence-corrected chi connectivity index (χ2v) is 14.7. The van der Waals surface area contributed by atoms with Gasteiger partial charge in [0.25, 0.3) is 11.6 Å². The molecule has 2 aromatic carbocycles. The van der Waals surface area contributed by atoms with Crippen LogP contribution in [0.3, 0.4) is 0 Å². The minimum absolute atomic E-state index is 0.0867. The number of benzene rings is 2. The summed E-state index contributed by atoms with van der Waals surface area (Å²) in [6.45, 7) is 5.55. The van der Waals surface area contributed by atoms with Gasteiger partial charge in [-0.05, 0) is 49.7 Å².